The van der Waals surface area contributed by atoms with Crippen molar-refractivity contribution in [3.05, 3.63) is 29.8 Å². The van der Waals surface area contributed by atoms with Gasteiger partial charge in [-0.25, -0.2) is 0 Å². The van der Waals surface area contributed by atoms with E-state index < -0.39 is 0 Å². The maximum Gasteiger partial charge on any atom is 0.119 e. The molecule has 4 N–H and O–H groups in total. The zero-order valence-electron chi connectivity index (χ0n) is 8.60. The van der Waals surface area contributed by atoms with Crippen LogP contribution in [0, 0.1) is 0 Å². The normalized spacial score (nSPS) is 12.5. The number of hydrogen-bond acceptors (Lipinski definition) is 4. The lowest BCUT2D eigenvalue weighted by Crippen LogP contribution is -2.26. The quantitative estimate of drug-likeness (QED) is 0.631. The van der Waals surface area contributed by atoms with Gasteiger partial charge in [-0.15, -0.1) is 0 Å². The Bertz CT molecular complexity index is 291. The predicted molar refractivity (Wildman–Crippen MR) is 57.5 cm³/mol. The molecule has 0 amide bonds. The first kappa shape index (κ1) is 12.0. The van der Waals surface area contributed by atoms with E-state index in [0.29, 0.717) is 18.8 Å². The molecule has 0 spiro atoms. The molecule has 0 aromatic heterocycles. The number of aliphatic hydroxyl groups excluding tert-OH is 2. The van der Waals surface area contributed by atoms with Gasteiger partial charge in [-0.05, 0) is 24.1 Å². The van der Waals surface area contributed by atoms with Crippen molar-refractivity contribution in [2.24, 2.45) is 5.73 Å². The third kappa shape index (κ3) is 4.29. The molecule has 1 aromatic carbocycles. The van der Waals surface area contributed by atoms with Gasteiger partial charge >= 0.3 is 0 Å². The van der Waals surface area contributed by atoms with Crippen molar-refractivity contribution in [3.63, 3.8) is 0 Å². The highest BCUT2D eigenvalue weighted by molar-refractivity contribution is 5.27. The van der Waals surface area contributed by atoms with Crippen LogP contribution in [0.4, 0.5) is 0 Å². The number of rotatable bonds is 6. The van der Waals surface area contributed by atoms with Gasteiger partial charge in [0.1, 0.15) is 5.75 Å². The van der Waals surface area contributed by atoms with Crippen molar-refractivity contribution in [1.29, 1.82) is 0 Å². The van der Waals surface area contributed by atoms with Crippen LogP contribution in [0.3, 0.4) is 0 Å². The molecule has 0 heterocycles. The molecule has 1 rings (SSSR count). The number of benzene rings is 1. The summed E-state index contributed by atoms with van der Waals surface area (Å²) in [7, 11) is 0. The number of aliphatic hydroxyl groups is 2. The van der Waals surface area contributed by atoms with Crippen LogP contribution in [-0.4, -0.2) is 29.5 Å². The van der Waals surface area contributed by atoms with Crippen molar-refractivity contribution in [2.75, 3.05) is 13.2 Å². The van der Waals surface area contributed by atoms with Crippen LogP contribution in [0.2, 0.25) is 0 Å². The molecule has 0 saturated carbocycles. The SMILES string of the molecule is NC(CO)CCOc1cccc(CO)c1. The molecule has 0 aliphatic heterocycles. The Hall–Kier alpha value is -1.10. The predicted octanol–water partition coefficient (Wildman–Crippen LogP) is 0.267. The lowest BCUT2D eigenvalue weighted by molar-refractivity contribution is 0.230. The van der Waals surface area contributed by atoms with E-state index >= 15 is 0 Å². The summed E-state index contributed by atoms with van der Waals surface area (Å²) in [6, 6.07) is 7.03. The number of nitrogens with two attached hydrogens (primary N) is 1. The minimum Gasteiger partial charge on any atom is -0.494 e. The molecule has 15 heavy (non-hydrogen) atoms. The van der Waals surface area contributed by atoms with Gasteiger partial charge < -0.3 is 20.7 Å². The minimum atomic E-state index is -0.231. The highest BCUT2D eigenvalue weighted by Gasteiger charge is 2.01. The van der Waals surface area contributed by atoms with Crippen LogP contribution in [0.1, 0.15) is 12.0 Å². The van der Waals surface area contributed by atoms with E-state index in [0.717, 1.165) is 5.56 Å². The molecule has 0 aliphatic carbocycles. The molecule has 4 heteroatoms. The van der Waals surface area contributed by atoms with Crippen LogP contribution in [0.25, 0.3) is 0 Å². The summed E-state index contributed by atoms with van der Waals surface area (Å²) >= 11 is 0. The first-order valence-electron chi connectivity index (χ1n) is 4.95. The van der Waals surface area contributed by atoms with E-state index in [2.05, 4.69) is 0 Å². The van der Waals surface area contributed by atoms with Gasteiger partial charge in [0.05, 0.1) is 19.8 Å². The van der Waals surface area contributed by atoms with Crippen molar-refractivity contribution in [3.8, 4) is 5.75 Å². The number of hydrogen-bond donors (Lipinski definition) is 3. The van der Waals surface area contributed by atoms with Gasteiger partial charge in [-0.3, -0.25) is 0 Å². The first-order chi connectivity index (χ1) is 7.26. The molecule has 0 aliphatic rings. The van der Waals surface area contributed by atoms with E-state index in [1.165, 1.54) is 0 Å². The molecule has 1 aromatic rings. The van der Waals surface area contributed by atoms with Crippen molar-refractivity contribution in [1.82, 2.24) is 0 Å². The topological polar surface area (TPSA) is 75.7 Å². The van der Waals surface area contributed by atoms with E-state index in [1.54, 1.807) is 6.07 Å². The second-order valence-electron chi connectivity index (χ2n) is 3.39. The molecule has 4 nitrogen and oxygen atoms in total. The molecule has 1 atom stereocenters. The zero-order chi connectivity index (χ0) is 11.1. The highest BCUT2D eigenvalue weighted by atomic mass is 16.5. The summed E-state index contributed by atoms with van der Waals surface area (Å²) in [6.07, 6.45) is 0.611. The Labute approximate surface area is 89.3 Å². The summed E-state index contributed by atoms with van der Waals surface area (Å²) in [5.41, 5.74) is 6.34. The Morgan fingerprint density at radius 3 is 2.80 bits per heavy atom. The second-order valence-corrected chi connectivity index (χ2v) is 3.39. The summed E-state index contributed by atoms with van der Waals surface area (Å²) < 4.78 is 5.42. The third-order valence-electron chi connectivity index (χ3n) is 2.07. The molecular weight excluding hydrogens is 194 g/mol. The van der Waals surface area contributed by atoms with Crippen molar-refractivity contribution in [2.45, 2.75) is 19.1 Å². The summed E-state index contributed by atoms with van der Waals surface area (Å²) in [4.78, 5) is 0. The van der Waals surface area contributed by atoms with Crippen LogP contribution >= 0.6 is 0 Å². The van der Waals surface area contributed by atoms with Gasteiger partial charge in [-0.2, -0.15) is 0 Å². The molecular formula is C11H17NO3. The largest absolute Gasteiger partial charge is 0.494 e. The average Bonchev–Trinajstić information content (AvgIpc) is 2.29. The van der Waals surface area contributed by atoms with E-state index in [9.17, 15) is 0 Å². The van der Waals surface area contributed by atoms with Crippen LogP contribution in [-0.2, 0) is 6.61 Å². The zero-order valence-corrected chi connectivity index (χ0v) is 8.60. The lowest BCUT2D eigenvalue weighted by Gasteiger charge is -2.10. The fourth-order valence-electron chi connectivity index (χ4n) is 1.15. The van der Waals surface area contributed by atoms with Crippen LogP contribution in [0.5, 0.6) is 5.75 Å². The van der Waals surface area contributed by atoms with Crippen LogP contribution < -0.4 is 10.5 Å². The van der Waals surface area contributed by atoms with E-state index in [1.807, 2.05) is 18.2 Å². The Kier molecular flexibility index (Phi) is 5.10. The fraction of sp³-hybridized carbons (Fsp3) is 0.455. The third-order valence-corrected chi connectivity index (χ3v) is 2.07. The second kappa shape index (κ2) is 6.40. The Morgan fingerprint density at radius 1 is 1.33 bits per heavy atom. The molecule has 0 fully saturated rings. The Morgan fingerprint density at radius 2 is 2.13 bits per heavy atom. The molecule has 0 saturated heterocycles. The van der Waals surface area contributed by atoms with Gasteiger partial charge in [0.15, 0.2) is 0 Å². The van der Waals surface area contributed by atoms with Gasteiger partial charge in [0.2, 0.25) is 0 Å². The first-order valence-corrected chi connectivity index (χ1v) is 4.95. The van der Waals surface area contributed by atoms with E-state index in [4.69, 9.17) is 20.7 Å². The van der Waals surface area contributed by atoms with Crippen molar-refractivity contribution >= 4 is 0 Å². The standard InChI is InChI=1S/C11H17NO3/c12-10(8-14)4-5-15-11-3-1-2-9(6-11)7-13/h1-3,6,10,13-14H,4-5,7-8,12H2. The summed E-state index contributed by atoms with van der Waals surface area (Å²) in [5, 5.41) is 17.6. The number of ether oxygens (including phenoxy) is 1. The fourth-order valence-corrected chi connectivity index (χ4v) is 1.15. The summed E-state index contributed by atoms with van der Waals surface area (Å²) in [5.74, 6) is 0.715. The van der Waals surface area contributed by atoms with Gasteiger partial charge in [0.25, 0.3) is 0 Å². The minimum absolute atomic E-state index is 0.00730. The average molecular weight is 211 g/mol. The molecule has 1 unspecified atom stereocenters. The molecule has 0 radical (unpaired) electrons. The van der Waals surface area contributed by atoms with E-state index in [-0.39, 0.29) is 19.3 Å². The molecule has 0 bridgehead atoms. The lowest BCUT2D eigenvalue weighted by atomic mass is 10.2. The van der Waals surface area contributed by atoms with Crippen LogP contribution in [0.15, 0.2) is 24.3 Å². The molecule has 84 valence electrons. The maximum absolute atomic E-state index is 8.91. The monoisotopic (exact) mass is 211 g/mol. The maximum atomic E-state index is 8.91. The van der Waals surface area contributed by atoms with Crippen molar-refractivity contribution < 1.29 is 14.9 Å². The smallest absolute Gasteiger partial charge is 0.119 e. The summed E-state index contributed by atoms with van der Waals surface area (Å²) in [6.45, 7) is 0.448. The Balaban J connectivity index is 2.37. The van der Waals surface area contributed by atoms with Gasteiger partial charge in [-0.1, -0.05) is 12.1 Å². The van der Waals surface area contributed by atoms with Gasteiger partial charge in [0, 0.05) is 6.04 Å². The highest BCUT2D eigenvalue weighted by Crippen LogP contribution is 2.13.